The molecule has 0 saturated heterocycles. The molecular formula is C17H12BrClN2O3. The van der Waals surface area contributed by atoms with Gasteiger partial charge in [0.2, 0.25) is 5.91 Å². The van der Waals surface area contributed by atoms with Crippen molar-refractivity contribution >= 4 is 39.1 Å². The molecule has 0 aromatic heterocycles. The van der Waals surface area contributed by atoms with Gasteiger partial charge in [-0.15, -0.1) is 0 Å². The number of nitrogens with one attached hydrogen (secondary N) is 1. The van der Waals surface area contributed by atoms with Crippen molar-refractivity contribution in [3.63, 3.8) is 0 Å². The fourth-order valence-corrected chi connectivity index (χ4v) is 2.99. The number of rotatable bonds is 3. The van der Waals surface area contributed by atoms with Gasteiger partial charge in [-0.25, -0.2) is 0 Å². The Morgan fingerprint density at radius 1 is 1.25 bits per heavy atom. The highest BCUT2D eigenvalue weighted by molar-refractivity contribution is 9.10. The van der Waals surface area contributed by atoms with Gasteiger partial charge in [-0.3, -0.25) is 4.79 Å². The van der Waals surface area contributed by atoms with Gasteiger partial charge in [0.25, 0.3) is 0 Å². The molecule has 2 aromatic carbocycles. The second-order valence-corrected chi connectivity index (χ2v) is 6.38. The van der Waals surface area contributed by atoms with E-state index in [-0.39, 0.29) is 12.3 Å². The van der Waals surface area contributed by atoms with Crippen LogP contribution < -0.4 is 14.8 Å². The van der Waals surface area contributed by atoms with Gasteiger partial charge in [-0.1, -0.05) is 27.5 Å². The Balaban J connectivity index is 1.73. The van der Waals surface area contributed by atoms with Gasteiger partial charge in [0.05, 0.1) is 17.0 Å². The molecule has 3 rings (SSSR count). The summed E-state index contributed by atoms with van der Waals surface area (Å²) in [7, 11) is 0. The lowest BCUT2D eigenvalue weighted by Crippen LogP contribution is -2.17. The van der Waals surface area contributed by atoms with Crippen molar-refractivity contribution in [1.82, 2.24) is 0 Å². The van der Waals surface area contributed by atoms with E-state index in [2.05, 4.69) is 21.2 Å². The number of nitriles is 1. The Morgan fingerprint density at radius 2 is 1.96 bits per heavy atom. The normalized spacial score (nSPS) is 12.4. The van der Waals surface area contributed by atoms with Gasteiger partial charge >= 0.3 is 0 Å². The topological polar surface area (TPSA) is 71.4 Å². The van der Waals surface area contributed by atoms with Gasteiger partial charge < -0.3 is 14.8 Å². The van der Waals surface area contributed by atoms with Crippen LogP contribution in [0.1, 0.15) is 11.1 Å². The lowest BCUT2D eigenvalue weighted by Gasteiger charge is -2.19. The van der Waals surface area contributed by atoms with Crippen molar-refractivity contribution in [2.24, 2.45) is 0 Å². The number of fused-ring (bicyclic) bond motifs is 1. The molecule has 1 heterocycles. The van der Waals surface area contributed by atoms with Gasteiger partial charge in [0.15, 0.2) is 11.5 Å². The number of hydrogen-bond acceptors (Lipinski definition) is 4. The highest BCUT2D eigenvalue weighted by atomic mass is 79.9. The third-order valence-electron chi connectivity index (χ3n) is 3.44. The van der Waals surface area contributed by atoms with Crippen molar-refractivity contribution in [2.45, 2.75) is 6.42 Å². The van der Waals surface area contributed by atoms with Crippen LogP contribution in [0.5, 0.6) is 11.5 Å². The third-order valence-corrected chi connectivity index (χ3v) is 4.49. The van der Waals surface area contributed by atoms with E-state index in [1.807, 2.05) is 6.07 Å². The molecule has 2 aromatic rings. The van der Waals surface area contributed by atoms with Crippen LogP contribution in [-0.2, 0) is 11.2 Å². The van der Waals surface area contributed by atoms with Crippen LogP contribution in [0.15, 0.2) is 34.8 Å². The van der Waals surface area contributed by atoms with Crippen molar-refractivity contribution in [1.29, 1.82) is 5.26 Å². The number of carbonyl (C=O) groups excluding carboxylic acids is 1. The molecule has 0 radical (unpaired) electrons. The second-order valence-electron chi connectivity index (χ2n) is 5.12. The summed E-state index contributed by atoms with van der Waals surface area (Å²) in [6, 6.07) is 10.3. The standard InChI is InChI=1S/C17H12BrClN2O3/c18-13-8-16-15(23-3-4-24-16)5-11(13)6-17(22)21-12-2-1-10(9-20)14(19)7-12/h1-2,5,7-8H,3-4,6H2,(H,21,22). The number of amides is 1. The first-order valence-corrected chi connectivity index (χ1v) is 8.31. The van der Waals surface area contributed by atoms with E-state index in [1.54, 1.807) is 30.3 Å². The van der Waals surface area contributed by atoms with E-state index < -0.39 is 0 Å². The average Bonchev–Trinajstić information content (AvgIpc) is 2.55. The number of halogens is 2. The van der Waals surface area contributed by atoms with E-state index in [9.17, 15) is 4.79 Å². The second kappa shape index (κ2) is 7.12. The first-order chi connectivity index (χ1) is 11.6. The van der Waals surface area contributed by atoms with Crippen LogP contribution in [-0.4, -0.2) is 19.1 Å². The van der Waals surface area contributed by atoms with E-state index in [1.165, 1.54) is 0 Å². The van der Waals surface area contributed by atoms with Crippen molar-refractivity contribution in [3.8, 4) is 17.6 Å². The molecule has 0 aliphatic carbocycles. The molecular weight excluding hydrogens is 396 g/mol. The summed E-state index contributed by atoms with van der Waals surface area (Å²) in [5, 5.41) is 11.9. The van der Waals surface area contributed by atoms with Gasteiger partial charge in [0.1, 0.15) is 19.3 Å². The fraction of sp³-hybridized carbons (Fsp3) is 0.176. The molecule has 1 N–H and O–H groups in total. The minimum absolute atomic E-state index is 0.162. The van der Waals surface area contributed by atoms with Crippen LogP contribution in [0.4, 0.5) is 5.69 Å². The monoisotopic (exact) mass is 406 g/mol. The Bertz CT molecular complexity index is 848. The Hall–Kier alpha value is -2.23. The summed E-state index contributed by atoms with van der Waals surface area (Å²) >= 11 is 9.41. The van der Waals surface area contributed by atoms with Gasteiger partial charge in [-0.2, -0.15) is 5.26 Å². The predicted octanol–water partition coefficient (Wildman–Crippen LogP) is 3.93. The molecule has 0 unspecified atom stereocenters. The highest BCUT2D eigenvalue weighted by Gasteiger charge is 2.16. The van der Waals surface area contributed by atoms with Crippen LogP contribution in [0.3, 0.4) is 0 Å². The van der Waals surface area contributed by atoms with E-state index in [0.29, 0.717) is 41.0 Å². The first kappa shape index (κ1) is 16.6. The summed E-state index contributed by atoms with van der Waals surface area (Å²) in [4.78, 5) is 12.3. The number of anilines is 1. The zero-order valence-corrected chi connectivity index (χ0v) is 14.8. The zero-order valence-electron chi connectivity index (χ0n) is 12.4. The summed E-state index contributed by atoms with van der Waals surface area (Å²) in [5.41, 5.74) is 1.69. The average molecular weight is 408 g/mol. The molecule has 7 heteroatoms. The minimum Gasteiger partial charge on any atom is -0.486 e. The first-order valence-electron chi connectivity index (χ1n) is 7.14. The molecule has 0 atom stereocenters. The molecule has 1 aliphatic rings. The lowest BCUT2D eigenvalue weighted by molar-refractivity contribution is -0.115. The molecule has 24 heavy (non-hydrogen) atoms. The Morgan fingerprint density at radius 3 is 2.62 bits per heavy atom. The van der Waals surface area contributed by atoms with Crippen LogP contribution >= 0.6 is 27.5 Å². The van der Waals surface area contributed by atoms with E-state index in [0.717, 1.165) is 10.0 Å². The third kappa shape index (κ3) is 3.64. The van der Waals surface area contributed by atoms with Crippen molar-refractivity contribution in [2.75, 3.05) is 18.5 Å². The molecule has 1 aliphatic heterocycles. The highest BCUT2D eigenvalue weighted by Crippen LogP contribution is 2.35. The van der Waals surface area contributed by atoms with Crippen LogP contribution in [0.25, 0.3) is 0 Å². The zero-order chi connectivity index (χ0) is 17.1. The smallest absolute Gasteiger partial charge is 0.228 e. The van der Waals surface area contributed by atoms with Gasteiger partial charge in [0, 0.05) is 10.2 Å². The quantitative estimate of drug-likeness (QED) is 0.837. The molecule has 0 saturated carbocycles. The number of carbonyl (C=O) groups is 1. The summed E-state index contributed by atoms with van der Waals surface area (Å²) in [6.07, 6.45) is 0.162. The van der Waals surface area contributed by atoms with E-state index >= 15 is 0 Å². The lowest BCUT2D eigenvalue weighted by atomic mass is 10.1. The van der Waals surface area contributed by atoms with Crippen molar-refractivity contribution in [3.05, 3.63) is 51.0 Å². The van der Waals surface area contributed by atoms with Crippen LogP contribution in [0, 0.1) is 11.3 Å². The molecule has 0 spiro atoms. The summed E-state index contributed by atoms with van der Waals surface area (Å²) in [5.74, 6) is 1.10. The summed E-state index contributed by atoms with van der Waals surface area (Å²) < 4.78 is 11.8. The maximum absolute atomic E-state index is 12.3. The van der Waals surface area contributed by atoms with Crippen molar-refractivity contribution < 1.29 is 14.3 Å². The van der Waals surface area contributed by atoms with E-state index in [4.69, 9.17) is 26.3 Å². The minimum atomic E-state index is -0.201. The van der Waals surface area contributed by atoms with Gasteiger partial charge in [-0.05, 0) is 35.9 Å². The Kier molecular flexibility index (Phi) is 4.93. The maximum atomic E-state index is 12.3. The predicted molar refractivity (Wildman–Crippen MR) is 93.6 cm³/mol. The summed E-state index contributed by atoms with van der Waals surface area (Å²) in [6.45, 7) is 1.00. The molecule has 122 valence electrons. The number of hydrogen-bond donors (Lipinski definition) is 1. The van der Waals surface area contributed by atoms with Crippen LogP contribution in [0.2, 0.25) is 5.02 Å². The SMILES string of the molecule is N#Cc1ccc(NC(=O)Cc2cc3c(cc2Br)OCCO3)cc1Cl. The number of ether oxygens (including phenoxy) is 2. The maximum Gasteiger partial charge on any atom is 0.228 e. The molecule has 5 nitrogen and oxygen atoms in total. The Labute approximate surface area is 152 Å². The number of benzene rings is 2. The molecule has 1 amide bonds. The largest absolute Gasteiger partial charge is 0.486 e. The molecule has 0 fully saturated rings. The molecule has 0 bridgehead atoms. The fourth-order valence-electron chi connectivity index (χ4n) is 2.30. The number of nitrogens with zero attached hydrogens (tertiary/aromatic N) is 1.